The molecule has 0 saturated heterocycles. The molecule has 146 valence electrons. The van der Waals surface area contributed by atoms with Crippen LogP contribution in [0.1, 0.15) is 32.6 Å². The number of hydrogen-bond donors (Lipinski definition) is 1. The minimum atomic E-state index is -3.19. The van der Waals surface area contributed by atoms with Gasteiger partial charge < -0.3 is 9.47 Å². The van der Waals surface area contributed by atoms with Crippen LogP contribution in [0.5, 0.6) is 17.2 Å². The number of rotatable bonds is 8. The maximum absolute atomic E-state index is 11.9. The first kappa shape index (κ1) is 19.7. The van der Waals surface area contributed by atoms with Crippen LogP contribution in [0.2, 0.25) is 0 Å². The van der Waals surface area contributed by atoms with Crippen molar-refractivity contribution in [2.45, 2.75) is 38.6 Å². The molecule has 0 radical (unpaired) electrons. The Kier molecular flexibility index (Phi) is 6.74. The molecule has 5 nitrogen and oxygen atoms in total. The molecule has 1 aliphatic rings. The van der Waals surface area contributed by atoms with Gasteiger partial charge in [0.25, 0.3) is 0 Å². The van der Waals surface area contributed by atoms with Crippen molar-refractivity contribution in [2.24, 2.45) is 5.92 Å². The molecule has 2 aromatic carbocycles. The molecule has 0 heterocycles. The summed E-state index contributed by atoms with van der Waals surface area (Å²) in [6, 6.07) is 17.1. The van der Waals surface area contributed by atoms with Crippen molar-refractivity contribution in [3.05, 3.63) is 54.6 Å². The van der Waals surface area contributed by atoms with E-state index in [9.17, 15) is 8.42 Å². The molecule has 27 heavy (non-hydrogen) atoms. The Hall–Kier alpha value is -2.05. The number of sulfonamides is 1. The lowest BCUT2D eigenvalue weighted by Gasteiger charge is -2.31. The zero-order valence-electron chi connectivity index (χ0n) is 15.6. The number of para-hydroxylation sites is 1. The second-order valence-electron chi connectivity index (χ2n) is 6.87. The minimum Gasteiger partial charge on any atom is -0.493 e. The fraction of sp³-hybridized carbons (Fsp3) is 0.429. The highest BCUT2D eigenvalue weighted by molar-refractivity contribution is 7.89. The lowest BCUT2D eigenvalue weighted by Crippen LogP contribution is -2.44. The highest BCUT2D eigenvalue weighted by atomic mass is 32.2. The van der Waals surface area contributed by atoms with Crippen LogP contribution in [0, 0.1) is 5.92 Å². The second kappa shape index (κ2) is 9.24. The lowest BCUT2D eigenvalue weighted by molar-refractivity contribution is 0.180. The van der Waals surface area contributed by atoms with E-state index >= 15 is 0 Å². The van der Waals surface area contributed by atoms with Crippen LogP contribution >= 0.6 is 0 Å². The molecule has 0 spiro atoms. The van der Waals surface area contributed by atoms with E-state index in [1.165, 1.54) is 0 Å². The first-order valence-corrected chi connectivity index (χ1v) is 11.2. The van der Waals surface area contributed by atoms with Gasteiger partial charge in [-0.15, -0.1) is 0 Å². The Morgan fingerprint density at radius 2 is 1.56 bits per heavy atom. The van der Waals surface area contributed by atoms with Crippen LogP contribution < -0.4 is 14.2 Å². The quantitative estimate of drug-likeness (QED) is 0.729. The Balaban J connectivity index is 1.55. The van der Waals surface area contributed by atoms with Gasteiger partial charge in [-0.1, -0.05) is 31.0 Å². The van der Waals surface area contributed by atoms with Crippen LogP contribution in [0.25, 0.3) is 0 Å². The molecule has 2 aromatic rings. The SMILES string of the molecule is CCS(=O)(=O)N[C@@H]1CCCC[C@H]1COc1ccc(Oc2ccccc2)cc1. The van der Waals surface area contributed by atoms with Crippen molar-refractivity contribution in [3.8, 4) is 17.2 Å². The Bertz CT molecular complexity index is 806. The molecule has 1 saturated carbocycles. The molecule has 1 N–H and O–H groups in total. The van der Waals surface area contributed by atoms with Crippen LogP contribution in [-0.4, -0.2) is 26.8 Å². The summed E-state index contributed by atoms with van der Waals surface area (Å²) in [7, 11) is -3.19. The fourth-order valence-electron chi connectivity index (χ4n) is 3.31. The van der Waals surface area contributed by atoms with Gasteiger partial charge in [0.1, 0.15) is 17.2 Å². The summed E-state index contributed by atoms with van der Waals surface area (Å²) in [4.78, 5) is 0. The van der Waals surface area contributed by atoms with Gasteiger partial charge in [0.15, 0.2) is 0 Å². The van der Waals surface area contributed by atoms with Gasteiger partial charge in [-0.3, -0.25) is 0 Å². The highest BCUT2D eigenvalue weighted by Gasteiger charge is 2.28. The summed E-state index contributed by atoms with van der Waals surface area (Å²) in [6.07, 6.45) is 4.02. The fourth-order valence-corrected chi connectivity index (χ4v) is 4.25. The Morgan fingerprint density at radius 1 is 0.926 bits per heavy atom. The van der Waals surface area contributed by atoms with E-state index in [2.05, 4.69) is 4.72 Å². The first-order valence-electron chi connectivity index (χ1n) is 9.51. The number of hydrogen-bond acceptors (Lipinski definition) is 4. The van der Waals surface area contributed by atoms with Crippen LogP contribution in [0.15, 0.2) is 54.6 Å². The molecule has 1 fully saturated rings. The van der Waals surface area contributed by atoms with Crippen LogP contribution in [0.4, 0.5) is 0 Å². The smallest absolute Gasteiger partial charge is 0.211 e. The van der Waals surface area contributed by atoms with Crippen molar-refractivity contribution >= 4 is 10.0 Å². The molecule has 2 atom stereocenters. The van der Waals surface area contributed by atoms with Gasteiger partial charge in [-0.05, 0) is 56.2 Å². The highest BCUT2D eigenvalue weighted by Crippen LogP contribution is 2.27. The number of nitrogens with one attached hydrogen (secondary N) is 1. The van der Waals surface area contributed by atoms with Crippen molar-refractivity contribution < 1.29 is 17.9 Å². The van der Waals surface area contributed by atoms with E-state index in [1.54, 1.807) is 6.92 Å². The van der Waals surface area contributed by atoms with Crippen LogP contribution in [0.3, 0.4) is 0 Å². The third kappa shape index (κ3) is 5.97. The number of ether oxygens (including phenoxy) is 2. The van der Waals surface area contributed by atoms with E-state index in [0.29, 0.717) is 6.61 Å². The Morgan fingerprint density at radius 3 is 2.26 bits per heavy atom. The molecule has 0 unspecified atom stereocenters. The molecule has 0 aromatic heterocycles. The average Bonchev–Trinajstić information content (AvgIpc) is 2.69. The molecule has 0 aliphatic heterocycles. The van der Waals surface area contributed by atoms with Gasteiger partial charge in [0.05, 0.1) is 12.4 Å². The zero-order chi connectivity index (χ0) is 19.1. The molecule has 0 bridgehead atoms. The maximum atomic E-state index is 11.9. The van der Waals surface area contributed by atoms with Gasteiger partial charge in [-0.25, -0.2) is 13.1 Å². The van der Waals surface area contributed by atoms with Gasteiger partial charge in [0, 0.05) is 12.0 Å². The van der Waals surface area contributed by atoms with Crippen molar-refractivity contribution in [3.63, 3.8) is 0 Å². The molecular formula is C21H27NO4S. The van der Waals surface area contributed by atoms with Crippen molar-refractivity contribution in [2.75, 3.05) is 12.4 Å². The van der Waals surface area contributed by atoms with Crippen molar-refractivity contribution in [1.29, 1.82) is 0 Å². The summed E-state index contributed by atoms with van der Waals surface area (Å²) in [5.41, 5.74) is 0. The van der Waals surface area contributed by atoms with Crippen LogP contribution in [-0.2, 0) is 10.0 Å². The van der Waals surface area contributed by atoms with E-state index in [0.717, 1.165) is 42.9 Å². The molecule has 0 amide bonds. The Labute approximate surface area is 161 Å². The lowest BCUT2D eigenvalue weighted by atomic mass is 9.86. The maximum Gasteiger partial charge on any atom is 0.211 e. The summed E-state index contributed by atoms with van der Waals surface area (Å²) in [6.45, 7) is 2.17. The monoisotopic (exact) mass is 389 g/mol. The second-order valence-corrected chi connectivity index (χ2v) is 8.91. The normalized spacial score (nSPS) is 20.2. The van der Waals surface area contributed by atoms with E-state index in [1.807, 2.05) is 54.6 Å². The topological polar surface area (TPSA) is 64.6 Å². The summed E-state index contributed by atoms with van der Waals surface area (Å²) in [5.74, 6) is 2.61. The number of benzene rings is 2. The van der Waals surface area contributed by atoms with E-state index < -0.39 is 10.0 Å². The summed E-state index contributed by atoms with van der Waals surface area (Å²) < 4.78 is 38.4. The summed E-state index contributed by atoms with van der Waals surface area (Å²) in [5, 5.41) is 0. The predicted molar refractivity (Wildman–Crippen MR) is 107 cm³/mol. The van der Waals surface area contributed by atoms with Gasteiger partial charge in [-0.2, -0.15) is 0 Å². The molecule has 3 rings (SSSR count). The third-order valence-corrected chi connectivity index (χ3v) is 6.31. The first-order chi connectivity index (χ1) is 13.1. The largest absolute Gasteiger partial charge is 0.493 e. The minimum absolute atomic E-state index is 0.0376. The zero-order valence-corrected chi connectivity index (χ0v) is 16.5. The standard InChI is InChI=1S/C21H27NO4S/c1-2-27(23,24)22-21-11-7-6-8-17(21)16-25-18-12-14-20(15-13-18)26-19-9-4-3-5-10-19/h3-5,9-10,12-15,17,21-22H,2,6-8,11,16H2,1H3/t17-,21+/m0/s1. The van der Waals surface area contributed by atoms with E-state index in [-0.39, 0.29) is 17.7 Å². The third-order valence-electron chi connectivity index (χ3n) is 4.89. The summed E-state index contributed by atoms with van der Waals surface area (Å²) >= 11 is 0. The van der Waals surface area contributed by atoms with Crippen molar-refractivity contribution in [1.82, 2.24) is 4.72 Å². The average molecular weight is 390 g/mol. The predicted octanol–water partition coefficient (Wildman–Crippen LogP) is 4.36. The molecule has 6 heteroatoms. The van der Waals surface area contributed by atoms with Gasteiger partial charge in [0.2, 0.25) is 10.0 Å². The van der Waals surface area contributed by atoms with Gasteiger partial charge >= 0.3 is 0 Å². The molecular weight excluding hydrogens is 362 g/mol. The van der Waals surface area contributed by atoms with E-state index in [4.69, 9.17) is 9.47 Å². The molecule has 1 aliphatic carbocycles.